The number of nitrogens with one attached hydrogen (secondary N) is 1. The number of likely N-dealkylation sites (N-methyl/N-ethyl adjacent to an activating group) is 1. The summed E-state index contributed by atoms with van der Waals surface area (Å²) in [6.07, 6.45) is 1.11. The summed E-state index contributed by atoms with van der Waals surface area (Å²) in [5.41, 5.74) is 5.76. The average Bonchev–Trinajstić information content (AvgIpc) is 2.34. The fourth-order valence-electron chi connectivity index (χ4n) is 2.26. The highest BCUT2D eigenvalue weighted by Crippen LogP contribution is 2.11. The lowest BCUT2D eigenvalue weighted by molar-refractivity contribution is -0.125. The molecule has 0 aromatic carbocycles. The Morgan fingerprint density at radius 1 is 1.10 bits per heavy atom. The van der Waals surface area contributed by atoms with Crippen LogP contribution in [0.2, 0.25) is 0 Å². The van der Waals surface area contributed by atoms with Gasteiger partial charge in [0.05, 0.1) is 0 Å². The number of carbonyl (C=O) groups is 1. The molecule has 6 heteroatoms. The Hall–Kier alpha value is -0.0300. The van der Waals surface area contributed by atoms with Crippen molar-refractivity contribution in [3.63, 3.8) is 0 Å². The number of nitrogens with zero attached hydrogens (tertiary/aromatic N) is 1. The molecule has 0 aromatic heterocycles. The van der Waals surface area contributed by atoms with Gasteiger partial charge in [-0.3, -0.25) is 9.69 Å². The molecule has 0 aliphatic rings. The molecule has 3 atom stereocenters. The van der Waals surface area contributed by atoms with Crippen LogP contribution in [0.5, 0.6) is 0 Å². The first-order valence-electron chi connectivity index (χ1n) is 7.60. The van der Waals surface area contributed by atoms with Gasteiger partial charge in [-0.15, -0.1) is 24.8 Å². The van der Waals surface area contributed by atoms with Crippen molar-refractivity contribution in [1.82, 2.24) is 10.2 Å². The summed E-state index contributed by atoms with van der Waals surface area (Å²) in [5, 5.41) is 3.06. The molecule has 130 valence electrons. The molecule has 21 heavy (non-hydrogen) atoms. The lowest BCUT2D eigenvalue weighted by Crippen LogP contribution is -2.47. The number of carbonyl (C=O) groups excluding carboxylic acids is 1. The van der Waals surface area contributed by atoms with Crippen LogP contribution in [0.1, 0.15) is 48.0 Å². The minimum absolute atomic E-state index is 0. The summed E-state index contributed by atoms with van der Waals surface area (Å²) in [6, 6.07) is 0.316. The van der Waals surface area contributed by atoms with Crippen molar-refractivity contribution in [2.75, 3.05) is 19.6 Å². The molecular weight excluding hydrogens is 309 g/mol. The molecule has 3 N–H and O–H groups in total. The highest BCUT2D eigenvalue weighted by atomic mass is 35.5. The highest BCUT2D eigenvalue weighted by Gasteiger charge is 2.21. The van der Waals surface area contributed by atoms with Gasteiger partial charge in [0.25, 0.3) is 0 Å². The SMILES string of the molecule is CCN(CC)C(CNC(=O)C(C)C(C)N)CC(C)C.Cl.Cl. The van der Waals surface area contributed by atoms with Crippen molar-refractivity contribution >= 4 is 30.7 Å². The van der Waals surface area contributed by atoms with Gasteiger partial charge in [0.1, 0.15) is 0 Å². The Kier molecular flexibility index (Phi) is 16.8. The van der Waals surface area contributed by atoms with Crippen LogP contribution in [0, 0.1) is 11.8 Å². The van der Waals surface area contributed by atoms with E-state index < -0.39 is 0 Å². The molecular formula is C15H35Cl2N3O. The van der Waals surface area contributed by atoms with Crippen LogP contribution in [0.4, 0.5) is 0 Å². The van der Waals surface area contributed by atoms with E-state index >= 15 is 0 Å². The molecule has 0 saturated carbocycles. The van der Waals surface area contributed by atoms with Crippen LogP contribution in [0.15, 0.2) is 0 Å². The zero-order chi connectivity index (χ0) is 15.0. The Morgan fingerprint density at radius 3 is 1.90 bits per heavy atom. The Morgan fingerprint density at radius 2 is 1.57 bits per heavy atom. The summed E-state index contributed by atoms with van der Waals surface area (Å²) in [5.74, 6) is 0.570. The summed E-state index contributed by atoms with van der Waals surface area (Å²) < 4.78 is 0. The topological polar surface area (TPSA) is 58.4 Å². The summed E-state index contributed by atoms with van der Waals surface area (Å²) in [4.78, 5) is 14.4. The molecule has 0 aromatic rings. The van der Waals surface area contributed by atoms with Gasteiger partial charge in [-0.25, -0.2) is 0 Å². The number of nitrogens with two attached hydrogens (primary N) is 1. The maximum Gasteiger partial charge on any atom is 0.224 e. The van der Waals surface area contributed by atoms with Gasteiger partial charge in [-0.1, -0.05) is 34.6 Å². The largest absolute Gasteiger partial charge is 0.354 e. The summed E-state index contributed by atoms with van der Waals surface area (Å²) >= 11 is 0. The first-order chi connectivity index (χ1) is 8.83. The van der Waals surface area contributed by atoms with Gasteiger partial charge in [0.2, 0.25) is 5.91 Å². The molecule has 0 spiro atoms. The molecule has 0 heterocycles. The van der Waals surface area contributed by atoms with Crippen LogP contribution < -0.4 is 11.1 Å². The van der Waals surface area contributed by atoms with Crippen molar-refractivity contribution in [3.05, 3.63) is 0 Å². The Bertz CT molecular complexity index is 259. The second-order valence-electron chi connectivity index (χ2n) is 5.90. The van der Waals surface area contributed by atoms with Crippen molar-refractivity contribution in [3.8, 4) is 0 Å². The number of halogens is 2. The van der Waals surface area contributed by atoms with Crippen LogP contribution in [0.3, 0.4) is 0 Å². The maximum atomic E-state index is 12.0. The van der Waals surface area contributed by atoms with E-state index in [9.17, 15) is 4.79 Å². The molecule has 0 fully saturated rings. The van der Waals surface area contributed by atoms with Crippen molar-refractivity contribution in [2.24, 2.45) is 17.6 Å². The quantitative estimate of drug-likeness (QED) is 0.676. The second kappa shape index (κ2) is 13.6. The molecule has 0 aliphatic heterocycles. The van der Waals surface area contributed by atoms with E-state index in [2.05, 4.69) is 37.9 Å². The molecule has 3 unspecified atom stereocenters. The van der Waals surface area contributed by atoms with Crippen LogP contribution >= 0.6 is 24.8 Å². The van der Waals surface area contributed by atoms with Crippen molar-refractivity contribution in [2.45, 2.75) is 60.0 Å². The van der Waals surface area contributed by atoms with Gasteiger partial charge in [-0.05, 0) is 32.4 Å². The smallest absolute Gasteiger partial charge is 0.224 e. The molecule has 0 saturated heterocycles. The van der Waals surface area contributed by atoms with Crippen LogP contribution in [-0.4, -0.2) is 42.5 Å². The number of amides is 1. The third-order valence-corrected chi connectivity index (χ3v) is 3.79. The molecule has 0 rings (SSSR count). The van der Waals surface area contributed by atoms with E-state index in [0.29, 0.717) is 12.0 Å². The highest BCUT2D eigenvalue weighted by molar-refractivity contribution is 5.85. The Balaban J connectivity index is -0.00000162. The summed E-state index contributed by atoms with van der Waals surface area (Å²) in [6.45, 7) is 15.3. The third kappa shape index (κ3) is 10.3. The maximum absolute atomic E-state index is 12.0. The normalized spacial score (nSPS) is 14.9. The number of hydrogen-bond donors (Lipinski definition) is 2. The lowest BCUT2D eigenvalue weighted by atomic mass is 10.0. The Labute approximate surface area is 143 Å². The second-order valence-corrected chi connectivity index (χ2v) is 5.90. The van der Waals surface area contributed by atoms with Gasteiger partial charge in [0.15, 0.2) is 0 Å². The van der Waals surface area contributed by atoms with Crippen molar-refractivity contribution in [1.29, 1.82) is 0 Å². The number of hydrogen-bond acceptors (Lipinski definition) is 3. The first kappa shape index (κ1) is 25.9. The predicted octanol–water partition coefficient (Wildman–Crippen LogP) is 2.69. The summed E-state index contributed by atoms with van der Waals surface area (Å²) in [7, 11) is 0. The molecule has 1 amide bonds. The van der Waals surface area contributed by atoms with E-state index in [0.717, 1.165) is 26.1 Å². The lowest BCUT2D eigenvalue weighted by Gasteiger charge is -2.31. The van der Waals surface area contributed by atoms with E-state index in [4.69, 9.17) is 5.73 Å². The fraction of sp³-hybridized carbons (Fsp3) is 0.933. The minimum atomic E-state index is -0.128. The zero-order valence-corrected chi connectivity index (χ0v) is 16.0. The van der Waals surface area contributed by atoms with Crippen LogP contribution in [-0.2, 0) is 4.79 Å². The van der Waals surface area contributed by atoms with E-state index in [1.807, 2.05) is 13.8 Å². The van der Waals surface area contributed by atoms with Gasteiger partial charge >= 0.3 is 0 Å². The molecule has 0 radical (unpaired) electrons. The van der Waals surface area contributed by atoms with Gasteiger partial charge < -0.3 is 11.1 Å². The molecule has 0 aliphatic carbocycles. The van der Waals surface area contributed by atoms with E-state index in [1.165, 1.54) is 0 Å². The predicted molar refractivity (Wildman–Crippen MR) is 96.5 cm³/mol. The average molecular weight is 344 g/mol. The monoisotopic (exact) mass is 343 g/mol. The fourth-order valence-corrected chi connectivity index (χ4v) is 2.26. The third-order valence-electron chi connectivity index (χ3n) is 3.79. The minimum Gasteiger partial charge on any atom is -0.354 e. The van der Waals surface area contributed by atoms with Crippen LogP contribution in [0.25, 0.3) is 0 Å². The van der Waals surface area contributed by atoms with Gasteiger partial charge in [0, 0.05) is 24.5 Å². The first-order valence-corrected chi connectivity index (χ1v) is 7.60. The standard InChI is InChI=1S/C15H33N3O.2ClH/c1-7-18(8-2)14(9-11(3)4)10-17-15(19)12(5)13(6)16;;/h11-14H,7-10,16H2,1-6H3,(H,17,19);2*1H. The van der Waals surface area contributed by atoms with Gasteiger partial charge in [-0.2, -0.15) is 0 Å². The van der Waals surface area contributed by atoms with E-state index in [1.54, 1.807) is 0 Å². The van der Waals surface area contributed by atoms with Crippen molar-refractivity contribution < 1.29 is 4.79 Å². The molecule has 0 bridgehead atoms. The molecule has 4 nitrogen and oxygen atoms in total. The number of rotatable bonds is 9. The zero-order valence-electron chi connectivity index (χ0n) is 14.4. The van der Waals surface area contributed by atoms with E-state index in [-0.39, 0.29) is 42.7 Å².